The van der Waals surface area contributed by atoms with Crippen molar-refractivity contribution in [3.05, 3.63) is 35.9 Å². The fourth-order valence-corrected chi connectivity index (χ4v) is 1.79. The van der Waals surface area contributed by atoms with Crippen LogP contribution in [0.15, 0.2) is 30.3 Å². The van der Waals surface area contributed by atoms with Gasteiger partial charge in [0.1, 0.15) is 0 Å². The Morgan fingerprint density at radius 1 is 1.12 bits per heavy atom. The van der Waals surface area contributed by atoms with Crippen LogP contribution in [0.25, 0.3) is 0 Å². The first-order valence-electron chi connectivity index (χ1n) is 6.67. The van der Waals surface area contributed by atoms with Crippen molar-refractivity contribution in [1.29, 1.82) is 0 Å². The molecule has 0 saturated carbocycles. The average Bonchev–Trinajstić information content (AvgIpc) is 2.29. The predicted octanol–water partition coefficient (Wildman–Crippen LogP) is 4.81. The minimum atomic E-state index is 0.398. The van der Waals surface area contributed by atoms with Crippen LogP contribution < -0.4 is 0 Å². The summed E-state index contributed by atoms with van der Waals surface area (Å²) < 4.78 is 5.97. The van der Waals surface area contributed by atoms with Crippen LogP contribution in [0.2, 0.25) is 0 Å². The Balaban J connectivity index is 2.33. The van der Waals surface area contributed by atoms with E-state index in [1.807, 2.05) is 6.07 Å². The maximum absolute atomic E-state index is 5.97. The summed E-state index contributed by atoms with van der Waals surface area (Å²) in [6, 6.07) is 10.4. The van der Waals surface area contributed by atoms with Gasteiger partial charge in [-0.2, -0.15) is 0 Å². The van der Waals surface area contributed by atoms with E-state index in [4.69, 9.17) is 4.74 Å². The van der Waals surface area contributed by atoms with Crippen LogP contribution in [0, 0.1) is 5.41 Å². The SMILES string of the molecule is CC[C@H](CCC(C)(C)C)OCc1ccccc1. The molecule has 0 unspecified atom stereocenters. The van der Waals surface area contributed by atoms with Crippen molar-refractivity contribution in [3.63, 3.8) is 0 Å². The van der Waals surface area contributed by atoms with Crippen molar-refractivity contribution in [1.82, 2.24) is 0 Å². The maximum atomic E-state index is 5.97. The third-order valence-electron chi connectivity index (χ3n) is 3.00. The van der Waals surface area contributed by atoms with Crippen LogP contribution in [-0.4, -0.2) is 6.10 Å². The normalized spacial score (nSPS) is 13.6. The first-order chi connectivity index (χ1) is 8.01. The number of rotatable bonds is 6. The van der Waals surface area contributed by atoms with Crippen LogP contribution in [0.5, 0.6) is 0 Å². The molecule has 1 aromatic rings. The molecule has 0 aliphatic heterocycles. The van der Waals surface area contributed by atoms with Crippen molar-refractivity contribution in [2.24, 2.45) is 5.41 Å². The van der Waals surface area contributed by atoms with E-state index in [2.05, 4.69) is 52.0 Å². The van der Waals surface area contributed by atoms with Crippen LogP contribution in [0.4, 0.5) is 0 Å². The number of ether oxygens (including phenoxy) is 1. The molecule has 0 aromatic heterocycles. The second kappa shape index (κ2) is 6.80. The van der Waals surface area contributed by atoms with E-state index >= 15 is 0 Å². The van der Waals surface area contributed by atoms with Crippen LogP contribution in [0.3, 0.4) is 0 Å². The van der Waals surface area contributed by atoms with Gasteiger partial charge >= 0.3 is 0 Å². The monoisotopic (exact) mass is 234 g/mol. The van der Waals surface area contributed by atoms with Gasteiger partial charge in [-0.1, -0.05) is 58.0 Å². The van der Waals surface area contributed by atoms with Gasteiger partial charge < -0.3 is 4.74 Å². The zero-order valence-corrected chi connectivity index (χ0v) is 11.7. The largest absolute Gasteiger partial charge is 0.374 e. The molecule has 0 N–H and O–H groups in total. The highest BCUT2D eigenvalue weighted by Gasteiger charge is 2.14. The molecule has 0 spiro atoms. The summed E-state index contributed by atoms with van der Waals surface area (Å²) in [5.74, 6) is 0. The Morgan fingerprint density at radius 3 is 2.29 bits per heavy atom. The summed E-state index contributed by atoms with van der Waals surface area (Å²) in [4.78, 5) is 0. The summed E-state index contributed by atoms with van der Waals surface area (Å²) in [6.07, 6.45) is 3.88. The lowest BCUT2D eigenvalue weighted by atomic mass is 9.89. The molecule has 1 heteroatoms. The average molecular weight is 234 g/mol. The lowest BCUT2D eigenvalue weighted by Gasteiger charge is -2.22. The molecule has 1 aromatic carbocycles. The third kappa shape index (κ3) is 6.48. The van der Waals surface area contributed by atoms with Gasteiger partial charge in [0, 0.05) is 0 Å². The van der Waals surface area contributed by atoms with Crippen LogP contribution in [0.1, 0.15) is 52.5 Å². The molecule has 0 fully saturated rings. The van der Waals surface area contributed by atoms with Crippen LogP contribution >= 0.6 is 0 Å². The summed E-state index contributed by atoms with van der Waals surface area (Å²) in [5, 5.41) is 0. The minimum absolute atomic E-state index is 0.398. The summed E-state index contributed by atoms with van der Waals surface area (Å²) >= 11 is 0. The molecule has 17 heavy (non-hydrogen) atoms. The van der Waals surface area contributed by atoms with Crippen molar-refractivity contribution < 1.29 is 4.74 Å². The van der Waals surface area contributed by atoms with E-state index in [-0.39, 0.29) is 0 Å². The van der Waals surface area contributed by atoms with Crippen molar-refractivity contribution in [2.45, 2.75) is 59.7 Å². The van der Waals surface area contributed by atoms with E-state index in [1.54, 1.807) is 0 Å². The molecule has 0 aliphatic rings. The lowest BCUT2D eigenvalue weighted by molar-refractivity contribution is 0.0256. The first kappa shape index (κ1) is 14.2. The minimum Gasteiger partial charge on any atom is -0.374 e. The van der Waals surface area contributed by atoms with Gasteiger partial charge in [-0.3, -0.25) is 0 Å². The molecular weight excluding hydrogens is 208 g/mol. The standard InChI is InChI=1S/C16H26O/c1-5-15(11-12-16(2,3)4)17-13-14-9-7-6-8-10-14/h6-10,15H,5,11-13H2,1-4H3/t15-/m1/s1. The predicted molar refractivity (Wildman–Crippen MR) is 74.0 cm³/mol. The fraction of sp³-hybridized carbons (Fsp3) is 0.625. The van der Waals surface area contributed by atoms with E-state index < -0.39 is 0 Å². The van der Waals surface area contributed by atoms with Crippen molar-refractivity contribution in [2.75, 3.05) is 0 Å². The highest BCUT2D eigenvalue weighted by molar-refractivity contribution is 5.13. The molecular formula is C16H26O. The number of benzene rings is 1. The molecule has 0 heterocycles. The van der Waals surface area contributed by atoms with Gasteiger partial charge in [0.2, 0.25) is 0 Å². The fourth-order valence-electron chi connectivity index (χ4n) is 1.79. The Bertz CT molecular complexity index is 297. The van der Waals surface area contributed by atoms with E-state index in [0.29, 0.717) is 11.5 Å². The molecule has 1 rings (SSSR count). The molecule has 0 amide bonds. The maximum Gasteiger partial charge on any atom is 0.0720 e. The van der Waals surface area contributed by atoms with E-state index in [9.17, 15) is 0 Å². The van der Waals surface area contributed by atoms with Crippen LogP contribution in [-0.2, 0) is 11.3 Å². The van der Waals surface area contributed by atoms with E-state index in [0.717, 1.165) is 19.4 Å². The zero-order valence-electron chi connectivity index (χ0n) is 11.7. The molecule has 1 atom stereocenters. The van der Waals surface area contributed by atoms with Gasteiger partial charge in [-0.05, 0) is 30.2 Å². The molecule has 0 bridgehead atoms. The first-order valence-corrected chi connectivity index (χ1v) is 6.67. The molecule has 1 nitrogen and oxygen atoms in total. The number of hydrogen-bond acceptors (Lipinski definition) is 1. The van der Waals surface area contributed by atoms with Gasteiger partial charge in [-0.25, -0.2) is 0 Å². The Hall–Kier alpha value is -0.820. The Labute approximate surface area is 106 Å². The zero-order chi connectivity index (χ0) is 12.7. The second-order valence-electron chi connectivity index (χ2n) is 5.93. The van der Waals surface area contributed by atoms with Crippen molar-refractivity contribution in [3.8, 4) is 0 Å². The Morgan fingerprint density at radius 2 is 1.76 bits per heavy atom. The summed E-state index contributed by atoms with van der Waals surface area (Å²) in [6.45, 7) is 9.81. The number of hydrogen-bond donors (Lipinski definition) is 0. The van der Waals surface area contributed by atoms with Crippen molar-refractivity contribution >= 4 is 0 Å². The molecule has 0 saturated heterocycles. The second-order valence-corrected chi connectivity index (χ2v) is 5.93. The highest BCUT2D eigenvalue weighted by atomic mass is 16.5. The topological polar surface area (TPSA) is 9.23 Å². The molecule has 0 radical (unpaired) electrons. The molecule has 96 valence electrons. The summed E-state index contributed by atoms with van der Waals surface area (Å²) in [5.41, 5.74) is 1.67. The van der Waals surface area contributed by atoms with E-state index in [1.165, 1.54) is 12.0 Å². The lowest BCUT2D eigenvalue weighted by Crippen LogP contribution is -2.16. The smallest absolute Gasteiger partial charge is 0.0720 e. The molecule has 0 aliphatic carbocycles. The Kier molecular flexibility index (Phi) is 5.70. The van der Waals surface area contributed by atoms with Gasteiger partial charge in [0.25, 0.3) is 0 Å². The van der Waals surface area contributed by atoms with Gasteiger partial charge in [0.15, 0.2) is 0 Å². The van der Waals surface area contributed by atoms with Gasteiger partial charge in [-0.15, -0.1) is 0 Å². The van der Waals surface area contributed by atoms with Gasteiger partial charge in [0.05, 0.1) is 12.7 Å². The quantitative estimate of drug-likeness (QED) is 0.686. The highest BCUT2D eigenvalue weighted by Crippen LogP contribution is 2.23. The summed E-state index contributed by atoms with van der Waals surface area (Å²) in [7, 11) is 0. The third-order valence-corrected chi connectivity index (χ3v) is 3.00.